The van der Waals surface area contributed by atoms with Crippen molar-refractivity contribution in [1.29, 1.82) is 0 Å². The molecule has 12 heteroatoms. The molecule has 0 aliphatic heterocycles. The van der Waals surface area contributed by atoms with Gasteiger partial charge in [0.25, 0.3) is 5.56 Å². The molecule has 0 radical (unpaired) electrons. The van der Waals surface area contributed by atoms with Crippen LogP contribution in [0.25, 0.3) is 11.4 Å². The molecular weight excluding hydrogens is 448 g/mol. The molecule has 30 heavy (non-hydrogen) atoms. The number of aromatic nitrogens is 4. The molecule has 0 unspecified atom stereocenters. The molecule has 1 aromatic carbocycles. The highest BCUT2D eigenvalue weighted by Crippen LogP contribution is 2.35. The number of rotatable bonds is 4. The first kappa shape index (κ1) is 21.8. The van der Waals surface area contributed by atoms with Gasteiger partial charge in [0.05, 0.1) is 34.9 Å². The Hall–Kier alpha value is -2.85. The molecule has 2 aromatic heterocycles. The van der Waals surface area contributed by atoms with Crippen LogP contribution < -0.4 is 5.56 Å². The molecule has 3 rings (SSSR count). The van der Waals surface area contributed by atoms with Crippen molar-refractivity contribution in [3.8, 4) is 11.4 Å². The fraction of sp³-hybridized carbons (Fsp3) is 0.222. The van der Waals surface area contributed by atoms with Gasteiger partial charge in [-0.2, -0.15) is 28.1 Å². The van der Waals surface area contributed by atoms with Crippen LogP contribution in [0.15, 0.2) is 35.3 Å². The van der Waals surface area contributed by atoms with E-state index in [0.717, 1.165) is 4.68 Å². The van der Waals surface area contributed by atoms with Crippen molar-refractivity contribution in [2.24, 2.45) is 0 Å². The van der Waals surface area contributed by atoms with Crippen LogP contribution >= 0.6 is 23.2 Å². The number of halogens is 5. The number of nitrogens with zero attached hydrogens (tertiary/aromatic N) is 4. The summed E-state index contributed by atoms with van der Waals surface area (Å²) in [5.74, 6) is -1.11. The van der Waals surface area contributed by atoms with Gasteiger partial charge in [-0.25, -0.2) is 9.48 Å². The summed E-state index contributed by atoms with van der Waals surface area (Å²) >= 11 is 11.6. The normalized spacial score (nSPS) is 11.6. The van der Waals surface area contributed by atoms with E-state index in [1.807, 2.05) is 0 Å². The lowest BCUT2D eigenvalue weighted by Gasteiger charge is -2.13. The second-order valence-corrected chi connectivity index (χ2v) is 6.76. The van der Waals surface area contributed by atoms with Crippen LogP contribution in [0, 0.1) is 6.92 Å². The number of carbonyl (C=O) groups is 1. The fourth-order valence-corrected chi connectivity index (χ4v) is 3.01. The van der Waals surface area contributed by atoms with Gasteiger partial charge >= 0.3 is 12.1 Å². The molecule has 2 heterocycles. The predicted molar refractivity (Wildman–Crippen MR) is 103 cm³/mol. The van der Waals surface area contributed by atoms with Gasteiger partial charge in [0.2, 0.25) is 0 Å². The van der Waals surface area contributed by atoms with Crippen LogP contribution in [-0.4, -0.2) is 32.1 Å². The van der Waals surface area contributed by atoms with Crippen molar-refractivity contribution in [2.45, 2.75) is 20.0 Å². The maximum atomic E-state index is 13.7. The van der Waals surface area contributed by atoms with Gasteiger partial charge in [0.1, 0.15) is 10.6 Å². The van der Waals surface area contributed by atoms with E-state index in [0.29, 0.717) is 4.68 Å². The summed E-state index contributed by atoms with van der Waals surface area (Å²) in [6, 6.07) is 5.30. The number of esters is 1. The van der Waals surface area contributed by atoms with E-state index in [1.165, 1.54) is 44.3 Å². The van der Waals surface area contributed by atoms with Gasteiger partial charge in [-0.05, 0) is 38.1 Å². The third-order valence-electron chi connectivity index (χ3n) is 4.02. The Labute approximate surface area is 177 Å². The lowest BCUT2D eigenvalue weighted by molar-refractivity contribution is -0.143. The molecule has 0 aliphatic carbocycles. The summed E-state index contributed by atoms with van der Waals surface area (Å²) in [5.41, 5.74) is -2.48. The Kier molecular flexibility index (Phi) is 5.91. The second kappa shape index (κ2) is 8.11. The van der Waals surface area contributed by atoms with Crippen LogP contribution in [0.5, 0.6) is 0 Å². The van der Waals surface area contributed by atoms with E-state index in [9.17, 15) is 22.8 Å². The summed E-state index contributed by atoms with van der Waals surface area (Å²) in [6.07, 6.45) is -3.70. The monoisotopic (exact) mass is 460 g/mol. The van der Waals surface area contributed by atoms with Crippen LogP contribution in [0.2, 0.25) is 10.0 Å². The van der Waals surface area contributed by atoms with Crippen molar-refractivity contribution in [2.75, 3.05) is 6.61 Å². The van der Waals surface area contributed by atoms with E-state index in [4.69, 9.17) is 27.9 Å². The highest BCUT2D eigenvalue weighted by atomic mass is 35.5. The summed E-state index contributed by atoms with van der Waals surface area (Å²) in [5, 5.41) is 7.46. The minimum Gasteiger partial charge on any atom is -0.462 e. The van der Waals surface area contributed by atoms with Gasteiger partial charge < -0.3 is 4.74 Å². The quantitative estimate of drug-likeness (QED) is 0.544. The summed E-state index contributed by atoms with van der Waals surface area (Å²) in [6.45, 7) is 2.69. The molecule has 3 aromatic rings. The van der Waals surface area contributed by atoms with E-state index in [1.54, 1.807) is 0 Å². The molecular formula is C18H13Cl2F3N4O3. The zero-order valence-electron chi connectivity index (χ0n) is 15.5. The van der Waals surface area contributed by atoms with E-state index in [2.05, 4.69) is 10.2 Å². The molecule has 158 valence electrons. The highest BCUT2D eigenvalue weighted by molar-refractivity contribution is 6.41. The SMILES string of the molecule is CCOC(=O)c1c(C)nn(-c2ccc(-n3ncc(Cl)c(Cl)c3=O)cc2)c1C(F)(F)F. The topological polar surface area (TPSA) is 79.0 Å². The number of benzene rings is 1. The third kappa shape index (κ3) is 3.92. The van der Waals surface area contributed by atoms with E-state index < -0.39 is 29.0 Å². The van der Waals surface area contributed by atoms with Crippen LogP contribution in [0.3, 0.4) is 0 Å². The number of hydrogen-bond acceptors (Lipinski definition) is 5. The molecule has 0 fully saturated rings. The standard InChI is InChI=1S/C18H13Cl2F3N4O3/c1-3-30-17(29)13-9(2)25-26(15(13)18(21,22)23)10-4-6-11(7-5-10)27-16(28)14(20)12(19)8-24-27/h4-8H,3H2,1-2H3. The Balaban J connectivity index is 2.12. The molecule has 0 saturated heterocycles. The van der Waals surface area contributed by atoms with Crippen molar-refractivity contribution in [3.63, 3.8) is 0 Å². The van der Waals surface area contributed by atoms with Crippen molar-refractivity contribution >= 4 is 29.2 Å². The molecule has 0 bridgehead atoms. The second-order valence-electron chi connectivity index (χ2n) is 5.98. The predicted octanol–water partition coefficient (Wildman–Crippen LogP) is 4.23. The molecule has 0 spiro atoms. The van der Waals surface area contributed by atoms with E-state index in [-0.39, 0.29) is 33.7 Å². The van der Waals surface area contributed by atoms with E-state index >= 15 is 0 Å². The van der Waals surface area contributed by atoms with Crippen molar-refractivity contribution in [3.05, 3.63) is 67.8 Å². The zero-order chi connectivity index (χ0) is 22.2. The maximum absolute atomic E-state index is 13.7. The van der Waals surface area contributed by atoms with Crippen LogP contribution in [-0.2, 0) is 10.9 Å². The molecule has 0 N–H and O–H groups in total. The average Bonchev–Trinajstić information content (AvgIpc) is 3.04. The van der Waals surface area contributed by atoms with Gasteiger partial charge in [-0.1, -0.05) is 23.2 Å². The average molecular weight is 461 g/mol. The summed E-state index contributed by atoms with van der Waals surface area (Å²) in [7, 11) is 0. The first-order valence-electron chi connectivity index (χ1n) is 8.44. The summed E-state index contributed by atoms with van der Waals surface area (Å²) < 4.78 is 47.5. The smallest absolute Gasteiger partial charge is 0.434 e. The number of carbonyl (C=O) groups excluding carboxylic acids is 1. The fourth-order valence-electron chi connectivity index (χ4n) is 2.76. The molecule has 7 nitrogen and oxygen atoms in total. The van der Waals surface area contributed by atoms with Gasteiger partial charge in [-0.3, -0.25) is 4.79 Å². The summed E-state index contributed by atoms with van der Waals surface area (Å²) in [4.78, 5) is 24.2. The highest BCUT2D eigenvalue weighted by Gasteiger charge is 2.42. The van der Waals surface area contributed by atoms with Gasteiger partial charge in [0.15, 0.2) is 5.69 Å². The molecule has 0 aliphatic rings. The number of aryl methyl sites for hydroxylation is 1. The number of ether oxygens (including phenoxy) is 1. The largest absolute Gasteiger partial charge is 0.462 e. The Morgan fingerprint density at radius 2 is 1.70 bits per heavy atom. The van der Waals surface area contributed by atoms with Gasteiger partial charge in [0, 0.05) is 0 Å². The Morgan fingerprint density at radius 3 is 2.23 bits per heavy atom. The van der Waals surface area contributed by atoms with Crippen molar-refractivity contribution in [1.82, 2.24) is 19.6 Å². The first-order valence-corrected chi connectivity index (χ1v) is 9.20. The lowest BCUT2D eigenvalue weighted by atomic mass is 10.1. The van der Waals surface area contributed by atoms with Gasteiger partial charge in [-0.15, -0.1) is 0 Å². The number of alkyl halides is 3. The molecule has 0 saturated carbocycles. The van der Waals surface area contributed by atoms with Crippen molar-refractivity contribution < 1.29 is 22.7 Å². The minimum atomic E-state index is -4.87. The molecule has 0 amide bonds. The Morgan fingerprint density at radius 1 is 1.13 bits per heavy atom. The van der Waals surface area contributed by atoms with Crippen LogP contribution in [0.1, 0.15) is 28.7 Å². The Bertz CT molecular complexity index is 1170. The van der Waals surface area contributed by atoms with Crippen LogP contribution in [0.4, 0.5) is 13.2 Å². The third-order valence-corrected chi connectivity index (χ3v) is 4.77. The number of hydrogen-bond donors (Lipinski definition) is 0. The maximum Gasteiger partial charge on any atom is 0.434 e. The lowest BCUT2D eigenvalue weighted by Crippen LogP contribution is -2.21. The zero-order valence-corrected chi connectivity index (χ0v) is 17.0. The minimum absolute atomic E-state index is 0.0119. The first-order chi connectivity index (χ1) is 14.1. The molecule has 0 atom stereocenters.